The fourth-order valence-electron chi connectivity index (χ4n) is 1.64. The van der Waals surface area contributed by atoms with E-state index in [0.29, 0.717) is 4.90 Å². The molecule has 21 heavy (non-hydrogen) atoms. The van der Waals surface area contributed by atoms with Gasteiger partial charge in [0.1, 0.15) is 0 Å². The zero-order chi connectivity index (χ0) is 16.4. The number of carbonyl (C=O) groups excluding carboxylic acids is 2. The maximum atomic E-state index is 11.8. The summed E-state index contributed by atoms with van der Waals surface area (Å²) in [5.74, 6) is -2.88. The topological polar surface area (TPSA) is 129 Å². The number of carbonyl (C=O) groups is 2. The van der Waals surface area contributed by atoms with Gasteiger partial charge in [0, 0.05) is 12.5 Å². The van der Waals surface area contributed by atoms with E-state index in [9.17, 15) is 24.9 Å². The van der Waals surface area contributed by atoms with Gasteiger partial charge in [-0.1, -0.05) is 6.58 Å². The molecule has 4 atom stereocenters. The van der Waals surface area contributed by atoms with Crippen LogP contribution in [0, 0.1) is 0 Å². The number of hydrogen-bond donors (Lipinski definition) is 4. The highest BCUT2D eigenvalue weighted by molar-refractivity contribution is 5.87. The predicted octanol–water partition coefficient (Wildman–Crippen LogP) is -1.16. The highest BCUT2D eigenvalue weighted by Gasteiger charge is 2.51. The molecule has 0 radical (unpaired) electrons. The minimum atomic E-state index is -2.02. The quantitative estimate of drug-likeness (QED) is 0.277. The molecule has 0 aromatic rings. The van der Waals surface area contributed by atoms with Gasteiger partial charge >= 0.3 is 17.9 Å². The fourth-order valence-corrected chi connectivity index (χ4v) is 1.64. The molecular formula is C12H20N2O7. The Balaban J connectivity index is 3.03. The number of urea groups is 1. The first-order valence-corrected chi connectivity index (χ1v) is 6.25. The molecule has 1 fully saturated rings. The molecule has 1 aliphatic heterocycles. The Kier molecular flexibility index (Phi) is 5.29. The monoisotopic (exact) mass is 304 g/mol. The van der Waals surface area contributed by atoms with Crippen LogP contribution in [0.1, 0.15) is 20.8 Å². The standard InChI is InChI=1S/C12H20N2O7/c1-6(2)10(18)21-12(4,20-5-7(3)15)14-9(17)8(16)13-11(14)19/h7-9,15-17H,1,5H2,2-4H3,(H,13,19). The molecule has 0 spiro atoms. The molecule has 0 aromatic carbocycles. The average molecular weight is 304 g/mol. The van der Waals surface area contributed by atoms with Crippen molar-refractivity contribution in [1.82, 2.24) is 10.2 Å². The van der Waals surface area contributed by atoms with E-state index in [-0.39, 0.29) is 12.2 Å². The van der Waals surface area contributed by atoms with Crippen molar-refractivity contribution in [2.45, 2.75) is 45.2 Å². The molecule has 120 valence electrons. The van der Waals surface area contributed by atoms with Crippen molar-refractivity contribution in [2.75, 3.05) is 6.61 Å². The van der Waals surface area contributed by atoms with Crippen LogP contribution in [-0.2, 0) is 14.3 Å². The number of rotatable bonds is 6. The second-order valence-electron chi connectivity index (χ2n) is 4.91. The van der Waals surface area contributed by atoms with E-state index in [0.717, 1.165) is 0 Å². The molecule has 1 saturated heterocycles. The second-order valence-corrected chi connectivity index (χ2v) is 4.91. The third-order valence-corrected chi connectivity index (χ3v) is 2.70. The Morgan fingerprint density at radius 2 is 2.14 bits per heavy atom. The van der Waals surface area contributed by atoms with Crippen molar-refractivity contribution in [3.63, 3.8) is 0 Å². The molecule has 1 heterocycles. The van der Waals surface area contributed by atoms with E-state index in [2.05, 4.69) is 6.58 Å². The number of nitrogens with zero attached hydrogens (tertiary/aromatic N) is 1. The first-order chi connectivity index (χ1) is 9.58. The molecule has 4 unspecified atom stereocenters. The van der Waals surface area contributed by atoms with Crippen LogP contribution < -0.4 is 5.32 Å². The summed E-state index contributed by atoms with van der Waals surface area (Å²) in [5, 5.41) is 30.6. The Morgan fingerprint density at radius 3 is 2.52 bits per heavy atom. The van der Waals surface area contributed by atoms with Gasteiger partial charge in [0.15, 0.2) is 12.5 Å². The lowest BCUT2D eigenvalue weighted by Crippen LogP contribution is -2.57. The van der Waals surface area contributed by atoms with Gasteiger partial charge in [-0.2, -0.15) is 0 Å². The number of hydrogen-bond acceptors (Lipinski definition) is 7. The lowest BCUT2D eigenvalue weighted by molar-refractivity contribution is -0.302. The zero-order valence-electron chi connectivity index (χ0n) is 12.1. The van der Waals surface area contributed by atoms with Crippen LogP contribution in [0.4, 0.5) is 4.79 Å². The maximum absolute atomic E-state index is 11.8. The highest BCUT2D eigenvalue weighted by atomic mass is 16.7. The first kappa shape index (κ1) is 17.4. The van der Waals surface area contributed by atoms with E-state index in [1.165, 1.54) is 20.8 Å². The summed E-state index contributed by atoms with van der Waals surface area (Å²) in [4.78, 5) is 24.1. The van der Waals surface area contributed by atoms with Crippen LogP contribution in [-0.4, -0.2) is 63.3 Å². The van der Waals surface area contributed by atoms with Crippen molar-refractivity contribution in [1.29, 1.82) is 0 Å². The third kappa shape index (κ3) is 3.91. The summed E-state index contributed by atoms with van der Waals surface area (Å²) in [6.45, 7) is 7.16. The molecule has 1 rings (SSSR count). The van der Waals surface area contributed by atoms with Gasteiger partial charge in [0.25, 0.3) is 0 Å². The zero-order valence-corrected chi connectivity index (χ0v) is 12.1. The number of nitrogens with one attached hydrogen (secondary N) is 1. The number of esters is 1. The van der Waals surface area contributed by atoms with Crippen molar-refractivity contribution in [2.24, 2.45) is 0 Å². The van der Waals surface area contributed by atoms with E-state index >= 15 is 0 Å². The summed E-state index contributed by atoms with van der Waals surface area (Å²) in [6.07, 6.45) is -4.15. The van der Waals surface area contributed by atoms with Gasteiger partial charge < -0.3 is 30.1 Å². The number of ether oxygens (including phenoxy) is 2. The van der Waals surface area contributed by atoms with Gasteiger partial charge in [0.05, 0.1) is 12.7 Å². The Morgan fingerprint density at radius 1 is 1.57 bits per heavy atom. The average Bonchev–Trinajstić information content (AvgIpc) is 2.61. The molecule has 2 amide bonds. The molecule has 0 saturated carbocycles. The van der Waals surface area contributed by atoms with E-state index < -0.39 is 36.5 Å². The molecule has 1 aliphatic rings. The van der Waals surface area contributed by atoms with Crippen LogP contribution in [0.2, 0.25) is 0 Å². The third-order valence-electron chi connectivity index (χ3n) is 2.70. The molecule has 0 aromatic heterocycles. The summed E-state index contributed by atoms with van der Waals surface area (Å²) < 4.78 is 10.3. The summed E-state index contributed by atoms with van der Waals surface area (Å²) >= 11 is 0. The molecule has 4 N–H and O–H groups in total. The predicted molar refractivity (Wildman–Crippen MR) is 69.3 cm³/mol. The van der Waals surface area contributed by atoms with Gasteiger partial charge in [-0.15, -0.1) is 0 Å². The van der Waals surface area contributed by atoms with Crippen LogP contribution in [0.15, 0.2) is 12.2 Å². The Labute approximate surface area is 121 Å². The summed E-state index contributed by atoms with van der Waals surface area (Å²) in [6, 6.07) is -0.891. The lowest BCUT2D eigenvalue weighted by atomic mass is 10.3. The molecule has 9 heteroatoms. The SMILES string of the molecule is C=C(C)C(=O)OC(C)(OCC(C)O)N1C(=O)NC(O)C1O. The fraction of sp³-hybridized carbons (Fsp3) is 0.667. The summed E-state index contributed by atoms with van der Waals surface area (Å²) in [7, 11) is 0. The van der Waals surface area contributed by atoms with Crippen molar-refractivity contribution >= 4 is 12.0 Å². The number of amides is 2. The maximum Gasteiger partial charge on any atom is 0.336 e. The first-order valence-electron chi connectivity index (χ1n) is 6.25. The minimum absolute atomic E-state index is 0.0523. The van der Waals surface area contributed by atoms with E-state index in [1.807, 2.05) is 5.32 Å². The van der Waals surface area contributed by atoms with E-state index in [1.54, 1.807) is 0 Å². The van der Waals surface area contributed by atoms with Gasteiger partial charge in [-0.25, -0.2) is 14.5 Å². The van der Waals surface area contributed by atoms with Gasteiger partial charge in [0.2, 0.25) is 0 Å². The normalized spacial score (nSPS) is 26.0. The number of aliphatic hydroxyl groups excluding tert-OH is 3. The number of aliphatic hydroxyl groups is 3. The lowest BCUT2D eigenvalue weighted by Gasteiger charge is -2.38. The van der Waals surface area contributed by atoms with Crippen molar-refractivity contribution in [3.05, 3.63) is 12.2 Å². The summed E-state index contributed by atoms with van der Waals surface area (Å²) in [5.41, 5.74) is 0.0523. The van der Waals surface area contributed by atoms with Crippen molar-refractivity contribution in [3.8, 4) is 0 Å². The molecule has 0 bridgehead atoms. The van der Waals surface area contributed by atoms with Gasteiger partial charge in [-0.05, 0) is 13.8 Å². The highest BCUT2D eigenvalue weighted by Crippen LogP contribution is 2.27. The van der Waals surface area contributed by atoms with Crippen LogP contribution >= 0.6 is 0 Å². The molecular weight excluding hydrogens is 284 g/mol. The van der Waals surface area contributed by atoms with E-state index in [4.69, 9.17) is 9.47 Å². The smallest absolute Gasteiger partial charge is 0.336 e. The van der Waals surface area contributed by atoms with Crippen LogP contribution in [0.5, 0.6) is 0 Å². The van der Waals surface area contributed by atoms with Gasteiger partial charge in [-0.3, -0.25) is 0 Å². The van der Waals surface area contributed by atoms with Crippen molar-refractivity contribution < 1.29 is 34.4 Å². The molecule has 0 aliphatic carbocycles. The Hall–Kier alpha value is -1.68. The molecule has 9 nitrogen and oxygen atoms in total. The van der Waals surface area contributed by atoms with Crippen LogP contribution in [0.25, 0.3) is 0 Å². The minimum Gasteiger partial charge on any atom is -0.410 e. The largest absolute Gasteiger partial charge is 0.410 e. The van der Waals surface area contributed by atoms with Crippen LogP contribution in [0.3, 0.4) is 0 Å². The second kappa shape index (κ2) is 6.39. The Bertz CT molecular complexity index is 439.